The van der Waals surface area contributed by atoms with E-state index in [0.717, 1.165) is 36.7 Å². The van der Waals surface area contributed by atoms with Crippen LogP contribution < -0.4 is 0 Å². The van der Waals surface area contributed by atoms with Gasteiger partial charge in [0, 0.05) is 5.56 Å². The van der Waals surface area contributed by atoms with Gasteiger partial charge in [0.1, 0.15) is 24.5 Å². The summed E-state index contributed by atoms with van der Waals surface area (Å²) in [6.07, 6.45) is 8.92. The molecule has 1 aromatic heterocycles. The second-order valence-electron chi connectivity index (χ2n) is 6.26. The van der Waals surface area contributed by atoms with Crippen molar-refractivity contribution < 1.29 is 9.90 Å². The topological polar surface area (TPSA) is 68.0 Å². The van der Waals surface area contributed by atoms with E-state index in [1.807, 2.05) is 18.2 Å². The minimum Gasteiger partial charge on any atom is -0.383 e. The number of aldehydes is 1. The molecule has 23 heavy (non-hydrogen) atoms. The molecule has 120 valence electrons. The van der Waals surface area contributed by atoms with E-state index in [9.17, 15) is 9.90 Å². The molecule has 1 fully saturated rings. The molecule has 0 unspecified atom stereocenters. The molecule has 5 heteroatoms. The number of rotatable bonds is 4. The zero-order valence-corrected chi connectivity index (χ0v) is 13.2. The third-order valence-corrected chi connectivity index (χ3v) is 4.74. The van der Waals surface area contributed by atoms with E-state index in [-0.39, 0.29) is 5.92 Å². The van der Waals surface area contributed by atoms with E-state index in [2.05, 4.69) is 17.0 Å². The summed E-state index contributed by atoms with van der Waals surface area (Å²) in [4.78, 5) is 14.7. The Kier molecular flexibility index (Phi) is 4.39. The molecule has 1 aliphatic carbocycles. The van der Waals surface area contributed by atoms with Crippen molar-refractivity contribution in [3.05, 3.63) is 53.6 Å². The summed E-state index contributed by atoms with van der Waals surface area (Å²) in [5.41, 5.74) is 1.75. The summed E-state index contributed by atoms with van der Waals surface area (Å²) in [6, 6.07) is 7.40. The number of nitrogens with zero attached hydrogens (tertiary/aromatic N) is 3. The van der Waals surface area contributed by atoms with E-state index in [1.165, 1.54) is 6.33 Å². The van der Waals surface area contributed by atoms with Crippen LogP contribution >= 0.6 is 0 Å². The maximum atomic E-state index is 11.3. The lowest BCUT2D eigenvalue weighted by molar-refractivity contribution is -0.0126. The van der Waals surface area contributed by atoms with Crippen molar-refractivity contribution in [2.24, 2.45) is 5.92 Å². The van der Waals surface area contributed by atoms with Crippen molar-refractivity contribution in [3.63, 3.8) is 0 Å². The summed E-state index contributed by atoms with van der Waals surface area (Å²) < 4.78 is 1.69. The Morgan fingerprint density at radius 1 is 1.35 bits per heavy atom. The summed E-state index contributed by atoms with van der Waals surface area (Å²) in [6.45, 7) is 2.49. The summed E-state index contributed by atoms with van der Waals surface area (Å²) in [7, 11) is 0. The first-order chi connectivity index (χ1) is 11.1. The van der Waals surface area contributed by atoms with Gasteiger partial charge < -0.3 is 5.11 Å². The summed E-state index contributed by atoms with van der Waals surface area (Å²) >= 11 is 0. The molecule has 5 nitrogen and oxygen atoms in total. The highest BCUT2D eigenvalue weighted by Crippen LogP contribution is 2.40. The molecule has 0 radical (unpaired) electrons. The van der Waals surface area contributed by atoms with E-state index in [4.69, 9.17) is 0 Å². The molecule has 3 rings (SSSR count). The van der Waals surface area contributed by atoms with Gasteiger partial charge in [-0.05, 0) is 36.3 Å². The lowest BCUT2D eigenvalue weighted by Crippen LogP contribution is -2.45. The average Bonchev–Trinajstić information content (AvgIpc) is 3.06. The molecule has 2 aromatic rings. The normalized spacial score (nSPS) is 26.3. The van der Waals surface area contributed by atoms with Gasteiger partial charge in [0.05, 0.1) is 6.54 Å². The van der Waals surface area contributed by atoms with Gasteiger partial charge >= 0.3 is 0 Å². The quantitative estimate of drug-likeness (QED) is 0.882. The Hall–Kier alpha value is -2.27. The number of benzene rings is 1. The number of carbonyl (C=O) groups excluding carboxylic acids is 1. The van der Waals surface area contributed by atoms with Crippen molar-refractivity contribution >= 4 is 12.4 Å². The predicted octanol–water partition coefficient (Wildman–Crippen LogP) is 2.73. The van der Waals surface area contributed by atoms with Crippen molar-refractivity contribution in [1.82, 2.24) is 14.8 Å². The van der Waals surface area contributed by atoms with Crippen molar-refractivity contribution in [2.75, 3.05) is 0 Å². The first kappa shape index (κ1) is 15.6. The van der Waals surface area contributed by atoms with Crippen LogP contribution in [0.25, 0.3) is 6.08 Å². The molecular weight excluding hydrogens is 290 g/mol. The molecule has 0 bridgehead atoms. The molecular formula is C18H21N3O2. The van der Waals surface area contributed by atoms with E-state index in [0.29, 0.717) is 12.1 Å². The van der Waals surface area contributed by atoms with Gasteiger partial charge in [-0.15, -0.1) is 0 Å². The lowest BCUT2D eigenvalue weighted by atomic mass is 9.72. The standard InChI is InChI=1S/C18H21N3O2/c1-14-3-2-4-17(9-15-5-7-16(10-22)8-6-15)18(14,23)11-21-13-19-12-20-21/h5-10,12-14,23H,2-4,11H2,1H3/b17-9+/t14-,18-/m0/s1. The van der Waals surface area contributed by atoms with Gasteiger partial charge in [-0.1, -0.05) is 37.3 Å². The minimum atomic E-state index is -0.921. The van der Waals surface area contributed by atoms with Gasteiger partial charge in [-0.2, -0.15) is 5.10 Å². The second-order valence-corrected chi connectivity index (χ2v) is 6.26. The molecule has 1 aromatic carbocycles. The fourth-order valence-electron chi connectivity index (χ4n) is 3.26. The van der Waals surface area contributed by atoms with Crippen LogP contribution in [-0.2, 0) is 6.54 Å². The molecule has 1 N–H and O–H groups in total. The first-order valence-electron chi connectivity index (χ1n) is 7.93. The van der Waals surface area contributed by atoms with Crippen LogP contribution in [0.4, 0.5) is 0 Å². The maximum absolute atomic E-state index is 11.3. The van der Waals surface area contributed by atoms with Gasteiger partial charge in [-0.3, -0.25) is 4.79 Å². The monoisotopic (exact) mass is 311 g/mol. The van der Waals surface area contributed by atoms with E-state index < -0.39 is 5.60 Å². The van der Waals surface area contributed by atoms with Crippen molar-refractivity contribution in [2.45, 2.75) is 38.3 Å². The molecule has 1 saturated carbocycles. The first-order valence-corrected chi connectivity index (χ1v) is 7.93. The lowest BCUT2D eigenvalue weighted by Gasteiger charge is -2.40. The molecule has 0 aliphatic heterocycles. The SMILES string of the molecule is C[C@H]1CCC/C(=C\c2ccc(C=O)cc2)[C@]1(O)Cn1cncn1. The summed E-state index contributed by atoms with van der Waals surface area (Å²) in [5.74, 6) is 0.154. The van der Waals surface area contributed by atoms with Crippen LogP contribution in [0.2, 0.25) is 0 Å². The fraction of sp³-hybridized carbons (Fsp3) is 0.389. The van der Waals surface area contributed by atoms with Crippen molar-refractivity contribution in [3.8, 4) is 0 Å². The smallest absolute Gasteiger partial charge is 0.150 e. The number of aromatic nitrogens is 3. The fourth-order valence-corrected chi connectivity index (χ4v) is 3.26. The van der Waals surface area contributed by atoms with Gasteiger partial charge in [-0.25, -0.2) is 9.67 Å². The van der Waals surface area contributed by atoms with Gasteiger partial charge in [0.2, 0.25) is 0 Å². The highest BCUT2D eigenvalue weighted by atomic mass is 16.3. The Morgan fingerprint density at radius 2 is 2.09 bits per heavy atom. The number of hydrogen-bond acceptors (Lipinski definition) is 4. The Labute approximate surface area is 135 Å². The van der Waals surface area contributed by atoms with Crippen molar-refractivity contribution in [1.29, 1.82) is 0 Å². The maximum Gasteiger partial charge on any atom is 0.150 e. The number of carbonyl (C=O) groups is 1. The molecule has 2 atom stereocenters. The van der Waals surface area contributed by atoms with Gasteiger partial charge in [0.15, 0.2) is 0 Å². The predicted molar refractivity (Wildman–Crippen MR) is 87.8 cm³/mol. The third kappa shape index (κ3) is 3.24. The molecule has 0 amide bonds. The number of aliphatic hydroxyl groups is 1. The largest absolute Gasteiger partial charge is 0.383 e. The highest BCUT2D eigenvalue weighted by molar-refractivity contribution is 5.75. The third-order valence-electron chi connectivity index (χ3n) is 4.74. The zero-order valence-electron chi connectivity index (χ0n) is 13.2. The average molecular weight is 311 g/mol. The molecule has 1 heterocycles. The van der Waals surface area contributed by atoms with Gasteiger partial charge in [0.25, 0.3) is 0 Å². The van der Waals surface area contributed by atoms with E-state index in [1.54, 1.807) is 23.1 Å². The van der Waals surface area contributed by atoms with Crippen LogP contribution in [-0.4, -0.2) is 31.8 Å². The molecule has 0 saturated heterocycles. The zero-order chi connectivity index (χ0) is 16.3. The van der Waals surface area contributed by atoms with E-state index >= 15 is 0 Å². The summed E-state index contributed by atoms with van der Waals surface area (Å²) in [5, 5.41) is 15.5. The Balaban J connectivity index is 1.92. The highest BCUT2D eigenvalue weighted by Gasteiger charge is 2.40. The Morgan fingerprint density at radius 3 is 2.74 bits per heavy atom. The minimum absolute atomic E-state index is 0.154. The van der Waals surface area contributed by atoms with Crippen LogP contribution in [0.3, 0.4) is 0 Å². The second kappa shape index (κ2) is 6.46. The van der Waals surface area contributed by atoms with Crippen LogP contribution in [0.5, 0.6) is 0 Å². The van der Waals surface area contributed by atoms with Crippen LogP contribution in [0.1, 0.15) is 42.1 Å². The van der Waals surface area contributed by atoms with Crippen LogP contribution in [0, 0.1) is 5.92 Å². The van der Waals surface area contributed by atoms with Crippen LogP contribution in [0.15, 0.2) is 42.5 Å². The Bertz CT molecular complexity index is 692. The number of hydrogen-bond donors (Lipinski definition) is 1. The molecule has 1 aliphatic rings. The molecule has 0 spiro atoms.